The van der Waals surface area contributed by atoms with E-state index in [0.717, 1.165) is 49.8 Å². The topological polar surface area (TPSA) is 54.9 Å². The van der Waals surface area contributed by atoms with Gasteiger partial charge in [0, 0.05) is 26.8 Å². The number of nitrogens with zero attached hydrogens (tertiary/aromatic N) is 1. The van der Waals surface area contributed by atoms with Crippen LogP contribution in [0.2, 0.25) is 0 Å². The quantitative estimate of drug-likeness (QED) is 0.396. The summed E-state index contributed by atoms with van der Waals surface area (Å²) < 4.78 is 10.2. The third-order valence-electron chi connectivity index (χ3n) is 3.24. The predicted octanol–water partition coefficient (Wildman–Crippen LogP) is 2.57. The van der Waals surface area contributed by atoms with E-state index >= 15 is 0 Å². The minimum Gasteiger partial charge on any atom is -0.497 e. The molecule has 5 nitrogen and oxygen atoms in total. The molecule has 5 heteroatoms. The van der Waals surface area contributed by atoms with Crippen LogP contribution >= 0.6 is 0 Å². The molecule has 22 heavy (non-hydrogen) atoms. The Hall–Kier alpha value is -1.75. The molecule has 0 spiro atoms. The van der Waals surface area contributed by atoms with Crippen LogP contribution in [-0.2, 0) is 11.3 Å². The van der Waals surface area contributed by atoms with Crippen LogP contribution in [-0.4, -0.2) is 39.9 Å². The van der Waals surface area contributed by atoms with Gasteiger partial charge in [-0.1, -0.05) is 12.1 Å². The smallest absolute Gasteiger partial charge is 0.191 e. The van der Waals surface area contributed by atoms with Crippen LogP contribution in [0.3, 0.4) is 0 Å². The maximum absolute atomic E-state index is 5.16. The van der Waals surface area contributed by atoms with Crippen molar-refractivity contribution in [2.24, 2.45) is 4.99 Å². The molecule has 0 radical (unpaired) electrons. The summed E-state index contributed by atoms with van der Waals surface area (Å²) in [5.41, 5.74) is 1.16. The van der Waals surface area contributed by atoms with Crippen LogP contribution in [0.1, 0.15) is 31.7 Å². The zero-order valence-corrected chi connectivity index (χ0v) is 14.0. The lowest BCUT2D eigenvalue weighted by atomic mass is 10.2. The molecule has 1 aromatic rings. The first-order chi connectivity index (χ1) is 10.8. The second-order valence-electron chi connectivity index (χ2n) is 5.02. The summed E-state index contributed by atoms with van der Waals surface area (Å²) in [6.07, 6.45) is 3.40. The van der Waals surface area contributed by atoms with Gasteiger partial charge in [0.05, 0.1) is 13.7 Å². The van der Waals surface area contributed by atoms with E-state index in [1.165, 1.54) is 6.42 Å². The number of hydrogen-bond donors (Lipinski definition) is 2. The molecule has 1 rings (SSSR count). The molecule has 0 bridgehead atoms. The van der Waals surface area contributed by atoms with E-state index in [0.29, 0.717) is 6.54 Å². The summed E-state index contributed by atoms with van der Waals surface area (Å²) in [5.74, 6) is 1.74. The number of aliphatic imine (C=N–C) groups is 1. The highest BCUT2D eigenvalue weighted by Crippen LogP contribution is 2.11. The second kappa shape index (κ2) is 11.9. The monoisotopic (exact) mass is 307 g/mol. The molecular formula is C17H29N3O2. The van der Waals surface area contributed by atoms with Gasteiger partial charge in [-0.05, 0) is 43.9 Å². The summed E-state index contributed by atoms with van der Waals surface area (Å²) in [5, 5.41) is 6.63. The number of ether oxygens (including phenoxy) is 2. The Labute approximate surface area is 134 Å². The van der Waals surface area contributed by atoms with Crippen molar-refractivity contribution in [3.05, 3.63) is 29.8 Å². The fraction of sp³-hybridized carbons (Fsp3) is 0.588. The molecule has 0 amide bonds. The standard InChI is InChI=1S/C17H29N3O2/c1-4-18-17(19-12-6-5-7-13-21-2)20-14-15-8-10-16(22-3)11-9-15/h8-11H,4-7,12-14H2,1-3H3,(H2,18,19,20). The van der Waals surface area contributed by atoms with Gasteiger partial charge in [-0.2, -0.15) is 0 Å². The molecule has 0 aromatic heterocycles. The molecule has 0 saturated heterocycles. The van der Waals surface area contributed by atoms with Crippen molar-refractivity contribution in [3.63, 3.8) is 0 Å². The average Bonchev–Trinajstić information content (AvgIpc) is 2.56. The van der Waals surface area contributed by atoms with Crippen molar-refractivity contribution in [1.82, 2.24) is 10.6 Å². The van der Waals surface area contributed by atoms with Crippen molar-refractivity contribution in [2.75, 3.05) is 33.9 Å². The van der Waals surface area contributed by atoms with Gasteiger partial charge >= 0.3 is 0 Å². The van der Waals surface area contributed by atoms with E-state index in [1.807, 2.05) is 24.3 Å². The van der Waals surface area contributed by atoms with Crippen LogP contribution in [0.25, 0.3) is 0 Å². The lowest BCUT2D eigenvalue weighted by Crippen LogP contribution is -2.37. The van der Waals surface area contributed by atoms with Crippen molar-refractivity contribution < 1.29 is 9.47 Å². The molecule has 0 fully saturated rings. The Morgan fingerprint density at radius 2 is 1.82 bits per heavy atom. The molecule has 124 valence electrons. The van der Waals surface area contributed by atoms with Gasteiger partial charge in [-0.3, -0.25) is 0 Å². The molecule has 2 N–H and O–H groups in total. The minimum absolute atomic E-state index is 0.656. The van der Waals surface area contributed by atoms with E-state index in [1.54, 1.807) is 14.2 Å². The molecule has 0 heterocycles. The van der Waals surface area contributed by atoms with Gasteiger partial charge < -0.3 is 20.1 Å². The maximum Gasteiger partial charge on any atom is 0.191 e. The third kappa shape index (κ3) is 7.88. The third-order valence-corrected chi connectivity index (χ3v) is 3.24. The van der Waals surface area contributed by atoms with Crippen molar-refractivity contribution in [3.8, 4) is 5.75 Å². The molecule has 0 unspecified atom stereocenters. The molecular weight excluding hydrogens is 278 g/mol. The highest BCUT2D eigenvalue weighted by atomic mass is 16.5. The summed E-state index contributed by atoms with van der Waals surface area (Å²) in [4.78, 5) is 4.60. The van der Waals surface area contributed by atoms with Gasteiger partial charge in [0.25, 0.3) is 0 Å². The summed E-state index contributed by atoms with van der Waals surface area (Å²) in [6.45, 7) is 5.36. The first-order valence-electron chi connectivity index (χ1n) is 7.94. The molecule has 0 saturated carbocycles. The summed E-state index contributed by atoms with van der Waals surface area (Å²) in [7, 11) is 3.42. The van der Waals surface area contributed by atoms with E-state index in [2.05, 4.69) is 22.5 Å². The lowest BCUT2D eigenvalue weighted by Gasteiger charge is -2.11. The Balaban J connectivity index is 2.36. The maximum atomic E-state index is 5.16. The second-order valence-corrected chi connectivity index (χ2v) is 5.02. The molecule has 0 aliphatic rings. The molecule has 0 atom stereocenters. The number of guanidine groups is 1. The number of benzene rings is 1. The van der Waals surface area contributed by atoms with Crippen LogP contribution < -0.4 is 15.4 Å². The van der Waals surface area contributed by atoms with Gasteiger partial charge in [0.1, 0.15) is 5.75 Å². The fourth-order valence-electron chi connectivity index (χ4n) is 2.00. The van der Waals surface area contributed by atoms with Crippen molar-refractivity contribution in [1.29, 1.82) is 0 Å². The lowest BCUT2D eigenvalue weighted by molar-refractivity contribution is 0.192. The van der Waals surface area contributed by atoms with E-state index < -0.39 is 0 Å². The number of hydrogen-bond acceptors (Lipinski definition) is 3. The minimum atomic E-state index is 0.656. The molecule has 0 aliphatic carbocycles. The SMILES string of the molecule is CCNC(=NCc1ccc(OC)cc1)NCCCCCOC. The Morgan fingerprint density at radius 3 is 2.45 bits per heavy atom. The van der Waals surface area contributed by atoms with Crippen molar-refractivity contribution in [2.45, 2.75) is 32.7 Å². The predicted molar refractivity (Wildman–Crippen MR) is 91.5 cm³/mol. The zero-order chi connectivity index (χ0) is 16.0. The van der Waals surface area contributed by atoms with E-state index in [-0.39, 0.29) is 0 Å². The van der Waals surface area contributed by atoms with Crippen LogP contribution in [0, 0.1) is 0 Å². The van der Waals surface area contributed by atoms with Crippen LogP contribution in [0.15, 0.2) is 29.3 Å². The Morgan fingerprint density at radius 1 is 1.05 bits per heavy atom. The average molecular weight is 307 g/mol. The normalized spacial score (nSPS) is 11.3. The van der Waals surface area contributed by atoms with E-state index in [9.17, 15) is 0 Å². The zero-order valence-electron chi connectivity index (χ0n) is 14.0. The fourth-order valence-corrected chi connectivity index (χ4v) is 2.00. The number of unbranched alkanes of at least 4 members (excludes halogenated alkanes) is 2. The number of rotatable bonds is 10. The highest BCUT2D eigenvalue weighted by molar-refractivity contribution is 5.79. The van der Waals surface area contributed by atoms with Gasteiger partial charge in [-0.15, -0.1) is 0 Å². The van der Waals surface area contributed by atoms with E-state index in [4.69, 9.17) is 9.47 Å². The Kier molecular flexibility index (Phi) is 9.87. The van der Waals surface area contributed by atoms with Gasteiger partial charge in [0.2, 0.25) is 0 Å². The molecule has 0 aliphatic heterocycles. The van der Waals surface area contributed by atoms with Crippen LogP contribution in [0.4, 0.5) is 0 Å². The van der Waals surface area contributed by atoms with Gasteiger partial charge in [-0.25, -0.2) is 4.99 Å². The molecule has 1 aromatic carbocycles. The highest BCUT2D eigenvalue weighted by Gasteiger charge is 1.98. The summed E-state index contributed by atoms with van der Waals surface area (Å²) in [6, 6.07) is 8.00. The number of methoxy groups -OCH3 is 2. The first kappa shape index (κ1) is 18.3. The summed E-state index contributed by atoms with van der Waals surface area (Å²) >= 11 is 0. The van der Waals surface area contributed by atoms with Crippen LogP contribution in [0.5, 0.6) is 5.75 Å². The first-order valence-corrected chi connectivity index (χ1v) is 7.94. The van der Waals surface area contributed by atoms with Crippen molar-refractivity contribution >= 4 is 5.96 Å². The van der Waals surface area contributed by atoms with Gasteiger partial charge in [0.15, 0.2) is 5.96 Å². The largest absolute Gasteiger partial charge is 0.497 e. The number of nitrogens with one attached hydrogen (secondary N) is 2. The Bertz CT molecular complexity index is 418.